The van der Waals surface area contributed by atoms with E-state index in [1.54, 1.807) is 41.1 Å². The zero-order chi connectivity index (χ0) is 26.9. The molecule has 0 radical (unpaired) electrons. The van der Waals surface area contributed by atoms with Gasteiger partial charge in [-0.15, -0.1) is 10.2 Å². The molecule has 4 aromatic rings. The van der Waals surface area contributed by atoms with Gasteiger partial charge in [-0.25, -0.2) is 14.4 Å². The quantitative estimate of drug-likeness (QED) is 0.342. The van der Waals surface area contributed by atoms with Crippen LogP contribution in [0.15, 0.2) is 60.8 Å². The van der Waals surface area contributed by atoms with Crippen molar-refractivity contribution >= 4 is 5.91 Å². The molecule has 1 N–H and O–H groups in total. The first-order chi connectivity index (χ1) is 18.2. The van der Waals surface area contributed by atoms with Crippen molar-refractivity contribution in [3.63, 3.8) is 0 Å². The summed E-state index contributed by atoms with van der Waals surface area (Å²) in [6.07, 6.45) is -2.22. The molecule has 1 aliphatic rings. The van der Waals surface area contributed by atoms with Gasteiger partial charge in [0.2, 0.25) is 0 Å². The standard InChI is InChI=1S/C26H22F4N6O2/c1-2-38-17-10-11-19(31-14-17)24-35-34-23(36(24)21-8-4-3-6-18(21)27)15-12-16(13-15)32-25(37)20-7-5-9-22(33-20)26(28,29)30/h3-11,14-16H,2,12-13H2,1H3,(H,32,37)/t15-,16-. The van der Waals surface area contributed by atoms with Crippen LogP contribution in [-0.4, -0.2) is 43.3 Å². The normalized spacial score (nSPS) is 17.1. The number of ether oxygens (including phenoxy) is 1. The number of halogens is 4. The van der Waals surface area contributed by atoms with E-state index in [9.17, 15) is 22.4 Å². The number of alkyl halides is 3. The minimum atomic E-state index is -4.65. The summed E-state index contributed by atoms with van der Waals surface area (Å²) in [6.45, 7) is 2.35. The number of pyridine rings is 2. The van der Waals surface area contributed by atoms with E-state index in [0.29, 0.717) is 42.5 Å². The van der Waals surface area contributed by atoms with E-state index in [1.807, 2.05) is 6.92 Å². The number of amides is 1. The van der Waals surface area contributed by atoms with Crippen molar-refractivity contribution in [2.24, 2.45) is 0 Å². The Morgan fingerprint density at radius 2 is 1.87 bits per heavy atom. The Hall–Kier alpha value is -4.35. The average molecular weight is 526 g/mol. The number of hydrogen-bond acceptors (Lipinski definition) is 6. The molecule has 1 fully saturated rings. The zero-order valence-corrected chi connectivity index (χ0v) is 20.1. The van der Waals surface area contributed by atoms with Crippen molar-refractivity contribution < 1.29 is 27.1 Å². The van der Waals surface area contributed by atoms with Crippen LogP contribution in [-0.2, 0) is 6.18 Å². The molecule has 1 amide bonds. The molecule has 0 spiro atoms. The van der Waals surface area contributed by atoms with Gasteiger partial charge < -0.3 is 10.1 Å². The summed E-state index contributed by atoms with van der Waals surface area (Å²) in [6, 6.07) is 12.5. The minimum Gasteiger partial charge on any atom is -0.492 e. The second-order valence-corrected chi connectivity index (χ2v) is 8.73. The Morgan fingerprint density at radius 1 is 1.08 bits per heavy atom. The van der Waals surface area contributed by atoms with Crippen molar-refractivity contribution in [2.75, 3.05) is 6.61 Å². The minimum absolute atomic E-state index is 0.182. The largest absolute Gasteiger partial charge is 0.492 e. The fourth-order valence-corrected chi connectivity index (χ4v) is 4.29. The second kappa shape index (κ2) is 10.2. The molecule has 0 unspecified atom stereocenters. The summed E-state index contributed by atoms with van der Waals surface area (Å²) in [5.74, 6) is 0.0618. The van der Waals surface area contributed by atoms with E-state index in [0.717, 1.165) is 12.1 Å². The number of rotatable bonds is 7. The van der Waals surface area contributed by atoms with Gasteiger partial charge in [0.25, 0.3) is 5.91 Å². The van der Waals surface area contributed by atoms with E-state index in [4.69, 9.17) is 4.74 Å². The number of carbonyl (C=O) groups excluding carboxylic acids is 1. The molecular weight excluding hydrogens is 504 g/mol. The summed E-state index contributed by atoms with van der Waals surface area (Å²) in [5.41, 5.74) is -0.735. The Bertz CT molecular complexity index is 1450. The predicted octanol–water partition coefficient (Wildman–Crippen LogP) is 4.96. The van der Waals surface area contributed by atoms with E-state index < -0.39 is 23.6 Å². The van der Waals surface area contributed by atoms with E-state index in [2.05, 4.69) is 25.5 Å². The molecule has 5 rings (SSSR count). The highest BCUT2D eigenvalue weighted by Gasteiger charge is 2.37. The molecule has 0 bridgehead atoms. The third-order valence-electron chi connectivity index (χ3n) is 6.17. The van der Waals surface area contributed by atoms with Crippen molar-refractivity contribution in [3.05, 3.63) is 83.8 Å². The van der Waals surface area contributed by atoms with Crippen LogP contribution in [0.25, 0.3) is 17.2 Å². The number of aromatic nitrogens is 5. The molecule has 0 atom stereocenters. The first-order valence-electron chi connectivity index (χ1n) is 11.9. The lowest BCUT2D eigenvalue weighted by molar-refractivity contribution is -0.141. The Morgan fingerprint density at radius 3 is 2.55 bits per heavy atom. The monoisotopic (exact) mass is 526 g/mol. The summed E-state index contributed by atoms with van der Waals surface area (Å²) >= 11 is 0. The SMILES string of the molecule is CCOc1ccc(-c2nnc([C@H]3C[C@H](NC(=O)c4cccc(C(F)(F)F)n4)C3)n2-c2ccccc2F)nc1. The van der Waals surface area contributed by atoms with Crippen molar-refractivity contribution in [2.45, 2.75) is 37.9 Å². The third-order valence-corrected chi connectivity index (χ3v) is 6.17. The number of hydrogen-bond donors (Lipinski definition) is 1. The molecule has 3 heterocycles. The van der Waals surface area contributed by atoms with Gasteiger partial charge in [-0.1, -0.05) is 18.2 Å². The van der Waals surface area contributed by atoms with Gasteiger partial charge in [-0.2, -0.15) is 13.2 Å². The summed E-state index contributed by atoms with van der Waals surface area (Å²) in [5, 5.41) is 11.3. The molecule has 0 aliphatic heterocycles. The summed E-state index contributed by atoms with van der Waals surface area (Å²) in [7, 11) is 0. The van der Waals surface area contributed by atoms with E-state index in [-0.39, 0.29) is 23.3 Å². The van der Waals surface area contributed by atoms with Gasteiger partial charge in [0.05, 0.1) is 18.5 Å². The molecule has 1 saturated carbocycles. The Balaban J connectivity index is 1.37. The Kier molecular flexibility index (Phi) is 6.79. The maximum absolute atomic E-state index is 14.9. The van der Waals surface area contributed by atoms with E-state index in [1.165, 1.54) is 12.1 Å². The summed E-state index contributed by atoms with van der Waals surface area (Å²) in [4.78, 5) is 20.4. The highest BCUT2D eigenvalue weighted by molar-refractivity contribution is 5.92. The molecular formula is C26H22F4N6O2. The molecule has 3 aromatic heterocycles. The highest BCUT2D eigenvalue weighted by Crippen LogP contribution is 2.39. The second-order valence-electron chi connectivity index (χ2n) is 8.73. The van der Waals surface area contributed by atoms with Crippen LogP contribution in [0.4, 0.5) is 17.6 Å². The molecule has 1 aromatic carbocycles. The smallest absolute Gasteiger partial charge is 0.433 e. The van der Waals surface area contributed by atoms with Crippen LogP contribution in [0.1, 0.15) is 47.7 Å². The first-order valence-corrected chi connectivity index (χ1v) is 11.9. The van der Waals surface area contributed by atoms with Crippen molar-refractivity contribution in [1.29, 1.82) is 0 Å². The fraction of sp³-hybridized carbons (Fsp3) is 0.269. The highest BCUT2D eigenvalue weighted by atomic mass is 19.4. The van der Waals surface area contributed by atoms with Crippen LogP contribution in [0.2, 0.25) is 0 Å². The van der Waals surface area contributed by atoms with Gasteiger partial charge in [-0.3, -0.25) is 9.36 Å². The summed E-state index contributed by atoms with van der Waals surface area (Å²) < 4.78 is 60.8. The van der Waals surface area contributed by atoms with Crippen LogP contribution in [0.3, 0.4) is 0 Å². The lowest BCUT2D eigenvalue weighted by Gasteiger charge is -2.35. The number of nitrogens with one attached hydrogen (secondary N) is 1. The van der Waals surface area contributed by atoms with Crippen LogP contribution in [0, 0.1) is 5.82 Å². The first kappa shape index (κ1) is 25.3. The topological polar surface area (TPSA) is 94.8 Å². The average Bonchev–Trinajstić information content (AvgIpc) is 3.30. The number of carbonyl (C=O) groups is 1. The lowest BCUT2D eigenvalue weighted by Crippen LogP contribution is -2.44. The molecule has 8 nitrogen and oxygen atoms in total. The predicted molar refractivity (Wildman–Crippen MR) is 128 cm³/mol. The number of benzene rings is 1. The van der Waals surface area contributed by atoms with Crippen molar-refractivity contribution in [3.8, 4) is 23.0 Å². The maximum atomic E-state index is 14.9. The third kappa shape index (κ3) is 5.06. The maximum Gasteiger partial charge on any atom is 0.433 e. The van der Waals surface area contributed by atoms with Crippen molar-refractivity contribution in [1.82, 2.24) is 30.0 Å². The van der Waals surface area contributed by atoms with E-state index >= 15 is 0 Å². The zero-order valence-electron chi connectivity index (χ0n) is 20.1. The lowest BCUT2D eigenvalue weighted by atomic mass is 9.79. The number of para-hydroxylation sites is 1. The van der Waals surface area contributed by atoms with Gasteiger partial charge >= 0.3 is 6.18 Å². The van der Waals surface area contributed by atoms with Gasteiger partial charge in [0.1, 0.15) is 34.5 Å². The molecule has 1 aliphatic carbocycles. The molecule has 196 valence electrons. The van der Waals surface area contributed by atoms with Crippen LogP contribution >= 0.6 is 0 Å². The van der Waals surface area contributed by atoms with Crippen LogP contribution < -0.4 is 10.1 Å². The molecule has 38 heavy (non-hydrogen) atoms. The molecule has 0 saturated heterocycles. The Labute approximate surface area is 214 Å². The van der Waals surface area contributed by atoms with Crippen LogP contribution in [0.5, 0.6) is 5.75 Å². The van der Waals surface area contributed by atoms with Gasteiger partial charge in [-0.05, 0) is 56.2 Å². The number of nitrogens with zero attached hydrogens (tertiary/aromatic N) is 5. The van der Waals surface area contributed by atoms with Gasteiger partial charge in [0.15, 0.2) is 5.82 Å². The van der Waals surface area contributed by atoms with Gasteiger partial charge in [0, 0.05) is 12.0 Å². The molecule has 12 heteroatoms. The fourth-order valence-electron chi connectivity index (χ4n) is 4.29.